The van der Waals surface area contributed by atoms with Crippen LogP contribution in [0.25, 0.3) is 0 Å². The molecule has 3 nitrogen and oxygen atoms in total. The molecular weight excluding hydrogens is 248 g/mol. The Morgan fingerprint density at radius 1 is 1.00 bits per heavy atom. The first-order chi connectivity index (χ1) is 9.90. The van der Waals surface area contributed by atoms with Crippen molar-refractivity contribution in [3.63, 3.8) is 0 Å². The minimum Gasteiger partial charge on any atom is -0.474 e. The van der Waals surface area contributed by atoms with Crippen LogP contribution in [-0.4, -0.2) is 23.5 Å². The highest BCUT2D eigenvalue weighted by atomic mass is 16.5. The van der Waals surface area contributed by atoms with Crippen molar-refractivity contribution in [3.05, 3.63) is 29.6 Å². The van der Waals surface area contributed by atoms with Crippen LogP contribution in [0.3, 0.4) is 0 Å². The van der Waals surface area contributed by atoms with Crippen molar-refractivity contribution in [2.24, 2.45) is 10.9 Å². The number of ether oxygens (including phenoxy) is 1. The van der Waals surface area contributed by atoms with Crippen LogP contribution in [0.2, 0.25) is 0 Å². The predicted molar refractivity (Wildman–Crippen MR) is 79.1 cm³/mol. The van der Waals surface area contributed by atoms with Crippen molar-refractivity contribution < 1.29 is 4.74 Å². The molecule has 0 amide bonds. The quantitative estimate of drug-likeness (QED) is 0.839. The van der Waals surface area contributed by atoms with E-state index in [4.69, 9.17) is 14.7 Å². The molecule has 1 aromatic rings. The molecule has 1 aromatic heterocycles. The SMILES string of the molecule is c1cc(C2=N[C@@H](C3CCCCC3)CO2)nc(C2CC2)c1. The fourth-order valence-electron chi connectivity index (χ4n) is 3.47. The van der Waals surface area contributed by atoms with Gasteiger partial charge in [0.2, 0.25) is 5.90 Å². The summed E-state index contributed by atoms with van der Waals surface area (Å²) in [6.45, 7) is 0.759. The van der Waals surface area contributed by atoms with E-state index in [-0.39, 0.29) is 0 Å². The molecule has 2 heterocycles. The van der Waals surface area contributed by atoms with Gasteiger partial charge in [-0.1, -0.05) is 25.3 Å². The van der Waals surface area contributed by atoms with Gasteiger partial charge >= 0.3 is 0 Å². The predicted octanol–water partition coefficient (Wildman–Crippen LogP) is 3.68. The molecule has 0 N–H and O–H groups in total. The van der Waals surface area contributed by atoms with Gasteiger partial charge in [0.1, 0.15) is 12.3 Å². The van der Waals surface area contributed by atoms with E-state index >= 15 is 0 Å². The summed E-state index contributed by atoms with van der Waals surface area (Å²) in [5, 5.41) is 0. The lowest BCUT2D eigenvalue weighted by Gasteiger charge is -2.24. The number of hydrogen-bond donors (Lipinski definition) is 0. The highest BCUT2D eigenvalue weighted by molar-refractivity contribution is 5.93. The fraction of sp³-hybridized carbons (Fsp3) is 0.647. The molecule has 1 aliphatic heterocycles. The molecule has 0 bridgehead atoms. The first-order valence-electron chi connectivity index (χ1n) is 8.08. The molecule has 0 spiro atoms. The number of aliphatic imine (C=N–C) groups is 1. The van der Waals surface area contributed by atoms with E-state index in [1.54, 1.807) is 0 Å². The van der Waals surface area contributed by atoms with Gasteiger partial charge in [-0.3, -0.25) is 0 Å². The summed E-state index contributed by atoms with van der Waals surface area (Å²) < 4.78 is 5.85. The fourth-order valence-corrected chi connectivity index (χ4v) is 3.47. The maximum atomic E-state index is 5.85. The highest BCUT2D eigenvalue weighted by Crippen LogP contribution is 2.39. The number of nitrogens with zero attached hydrogens (tertiary/aromatic N) is 2. The molecule has 106 valence electrons. The van der Waals surface area contributed by atoms with Crippen LogP contribution in [0.1, 0.15) is 62.3 Å². The second-order valence-corrected chi connectivity index (χ2v) is 6.43. The minimum atomic E-state index is 0.372. The molecule has 3 heteroatoms. The molecule has 1 atom stereocenters. The van der Waals surface area contributed by atoms with Gasteiger partial charge in [0.05, 0.1) is 6.04 Å². The summed E-state index contributed by atoms with van der Waals surface area (Å²) in [4.78, 5) is 9.58. The minimum absolute atomic E-state index is 0.372. The molecule has 3 aliphatic rings. The van der Waals surface area contributed by atoms with E-state index in [1.807, 2.05) is 6.07 Å². The Morgan fingerprint density at radius 2 is 1.85 bits per heavy atom. The first kappa shape index (κ1) is 12.4. The van der Waals surface area contributed by atoms with Crippen molar-refractivity contribution in [2.45, 2.75) is 56.9 Å². The Hall–Kier alpha value is -1.38. The van der Waals surface area contributed by atoms with Crippen LogP contribution in [0.5, 0.6) is 0 Å². The second-order valence-electron chi connectivity index (χ2n) is 6.43. The van der Waals surface area contributed by atoms with Gasteiger partial charge < -0.3 is 4.74 Å². The number of aromatic nitrogens is 1. The normalized spacial score (nSPS) is 27.2. The molecule has 2 saturated carbocycles. The number of pyridine rings is 1. The van der Waals surface area contributed by atoms with Gasteiger partial charge in [0, 0.05) is 11.6 Å². The molecule has 0 saturated heterocycles. The van der Waals surface area contributed by atoms with Crippen LogP contribution >= 0.6 is 0 Å². The Balaban J connectivity index is 1.51. The molecule has 20 heavy (non-hydrogen) atoms. The van der Waals surface area contributed by atoms with Crippen molar-refractivity contribution >= 4 is 5.90 Å². The molecule has 2 aliphatic carbocycles. The van der Waals surface area contributed by atoms with E-state index in [0.29, 0.717) is 12.0 Å². The maximum absolute atomic E-state index is 5.85. The van der Waals surface area contributed by atoms with E-state index in [2.05, 4.69) is 12.1 Å². The van der Waals surface area contributed by atoms with Gasteiger partial charge in [0.15, 0.2) is 0 Å². The van der Waals surface area contributed by atoms with E-state index < -0.39 is 0 Å². The lowest BCUT2D eigenvalue weighted by Crippen LogP contribution is -2.22. The largest absolute Gasteiger partial charge is 0.474 e. The van der Waals surface area contributed by atoms with Crippen LogP contribution < -0.4 is 0 Å². The Kier molecular flexibility index (Phi) is 3.21. The number of hydrogen-bond acceptors (Lipinski definition) is 3. The maximum Gasteiger partial charge on any atom is 0.235 e. The van der Waals surface area contributed by atoms with E-state index in [0.717, 1.165) is 24.1 Å². The molecule has 2 fully saturated rings. The van der Waals surface area contributed by atoms with Crippen molar-refractivity contribution in [2.75, 3.05) is 6.61 Å². The summed E-state index contributed by atoms with van der Waals surface area (Å²) in [6.07, 6.45) is 9.33. The summed E-state index contributed by atoms with van der Waals surface area (Å²) in [7, 11) is 0. The van der Waals surface area contributed by atoms with Crippen molar-refractivity contribution in [1.82, 2.24) is 4.98 Å². The van der Waals surface area contributed by atoms with Crippen molar-refractivity contribution in [3.8, 4) is 0 Å². The van der Waals surface area contributed by atoms with Crippen LogP contribution in [0.4, 0.5) is 0 Å². The van der Waals surface area contributed by atoms with Crippen LogP contribution in [-0.2, 0) is 4.74 Å². The smallest absolute Gasteiger partial charge is 0.235 e. The molecule has 0 unspecified atom stereocenters. The Morgan fingerprint density at radius 3 is 2.65 bits per heavy atom. The zero-order chi connectivity index (χ0) is 13.4. The van der Waals surface area contributed by atoms with Gasteiger partial charge in [-0.15, -0.1) is 0 Å². The average molecular weight is 270 g/mol. The summed E-state index contributed by atoms with van der Waals surface area (Å²) in [5.41, 5.74) is 2.16. The third-order valence-electron chi connectivity index (χ3n) is 4.85. The summed E-state index contributed by atoms with van der Waals surface area (Å²) in [5.74, 6) is 2.20. The summed E-state index contributed by atoms with van der Waals surface area (Å²) >= 11 is 0. The molecule has 0 radical (unpaired) electrons. The van der Waals surface area contributed by atoms with Gasteiger partial charge in [-0.2, -0.15) is 0 Å². The van der Waals surface area contributed by atoms with Crippen LogP contribution in [0.15, 0.2) is 23.2 Å². The summed E-state index contributed by atoms with van der Waals surface area (Å²) in [6, 6.07) is 6.63. The lowest BCUT2D eigenvalue weighted by molar-refractivity contribution is 0.240. The monoisotopic (exact) mass is 270 g/mol. The third kappa shape index (κ3) is 2.46. The van der Waals surface area contributed by atoms with Crippen molar-refractivity contribution in [1.29, 1.82) is 0 Å². The molecular formula is C17H22N2O. The topological polar surface area (TPSA) is 34.5 Å². The first-order valence-corrected chi connectivity index (χ1v) is 8.08. The van der Waals surface area contributed by atoms with Gasteiger partial charge in [0.25, 0.3) is 0 Å². The van der Waals surface area contributed by atoms with Gasteiger partial charge in [-0.25, -0.2) is 9.98 Å². The van der Waals surface area contributed by atoms with Gasteiger partial charge in [-0.05, 0) is 43.7 Å². The zero-order valence-electron chi connectivity index (χ0n) is 11.9. The second kappa shape index (κ2) is 5.19. The van der Waals surface area contributed by atoms with E-state index in [1.165, 1.54) is 50.6 Å². The Bertz CT molecular complexity index is 515. The zero-order valence-corrected chi connectivity index (χ0v) is 11.9. The standard InChI is InChI=1S/C17H22N2O/c1-2-5-12(6-3-1)16-11-20-17(19-16)15-8-4-7-14(18-15)13-9-10-13/h4,7-8,12-13,16H,1-3,5-6,9-11H2/t16-/m1/s1. The highest BCUT2D eigenvalue weighted by Gasteiger charge is 2.30. The molecule has 4 rings (SSSR count). The average Bonchev–Trinajstić information content (AvgIpc) is 3.25. The Labute approximate surface area is 120 Å². The van der Waals surface area contributed by atoms with Crippen LogP contribution in [0, 0.1) is 5.92 Å². The lowest BCUT2D eigenvalue weighted by atomic mass is 9.84. The molecule has 0 aromatic carbocycles. The third-order valence-corrected chi connectivity index (χ3v) is 4.85. The van der Waals surface area contributed by atoms with E-state index in [9.17, 15) is 0 Å². The number of rotatable bonds is 3.